The number of cyclic esters (lactones) is 1. The second-order valence-corrected chi connectivity index (χ2v) is 9.87. The molecule has 0 N–H and O–H groups in total. The second kappa shape index (κ2) is 14.1. The summed E-state index contributed by atoms with van der Waals surface area (Å²) in [6.45, 7) is 10.7. The standard InChI is InChI=1S/C30H39NO6/c1-5-6-17-30(4,37-19-25-15-11-8-12-16-25)27(21-34-18-24-13-9-7-10-14-24)35-22-28(32)31-26(23(2)3)20-36-29(31)33/h5,7-16,23,26-27H,1,6,17-22H2,2-4H3/t26-,27-,30-/m1/s1. The lowest BCUT2D eigenvalue weighted by Gasteiger charge is -2.37. The number of amides is 2. The molecule has 2 aromatic rings. The Hall–Kier alpha value is -3.00. The molecule has 2 amide bonds. The Bertz CT molecular complexity index is 996. The minimum Gasteiger partial charge on any atom is -0.447 e. The van der Waals surface area contributed by atoms with Crippen molar-refractivity contribution >= 4 is 12.0 Å². The van der Waals surface area contributed by atoms with Crippen molar-refractivity contribution in [3.63, 3.8) is 0 Å². The fraction of sp³-hybridized carbons (Fsp3) is 0.467. The molecule has 2 aromatic carbocycles. The summed E-state index contributed by atoms with van der Waals surface area (Å²) in [6.07, 6.45) is 1.96. The molecule has 0 unspecified atom stereocenters. The first-order valence-electron chi connectivity index (χ1n) is 12.8. The van der Waals surface area contributed by atoms with Crippen LogP contribution < -0.4 is 0 Å². The van der Waals surface area contributed by atoms with Gasteiger partial charge in [-0.3, -0.25) is 4.79 Å². The summed E-state index contributed by atoms with van der Waals surface area (Å²) in [4.78, 5) is 26.5. The van der Waals surface area contributed by atoms with Crippen molar-refractivity contribution in [3.05, 3.63) is 84.4 Å². The van der Waals surface area contributed by atoms with Gasteiger partial charge < -0.3 is 18.9 Å². The van der Waals surface area contributed by atoms with Gasteiger partial charge in [0.1, 0.15) is 19.3 Å². The Labute approximate surface area is 220 Å². The molecule has 0 radical (unpaired) electrons. The van der Waals surface area contributed by atoms with Crippen LogP contribution in [0.4, 0.5) is 4.79 Å². The largest absolute Gasteiger partial charge is 0.447 e. The highest BCUT2D eigenvalue weighted by atomic mass is 16.6. The van der Waals surface area contributed by atoms with Gasteiger partial charge in [0.05, 0.1) is 31.5 Å². The zero-order valence-electron chi connectivity index (χ0n) is 22.1. The van der Waals surface area contributed by atoms with Crippen LogP contribution in [0.2, 0.25) is 0 Å². The predicted molar refractivity (Wildman–Crippen MR) is 142 cm³/mol. The van der Waals surface area contributed by atoms with Gasteiger partial charge in [0.25, 0.3) is 5.91 Å². The lowest BCUT2D eigenvalue weighted by molar-refractivity contribution is -0.175. The number of allylic oxidation sites excluding steroid dienone is 1. The molecule has 1 saturated heterocycles. The summed E-state index contributed by atoms with van der Waals surface area (Å²) >= 11 is 0. The highest BCUT2D eigenvalue weighted by molar-refractivity contribution is 5.94. The Morgan fingerprint density at radius 1 is 1.11 bits per heavy atom. The van der Waals surface area contributed by atoms with Gasteiger partial charge in [-0.15, -0.1) is 6.58 Å². The first-order valence-corrected chi connectivity index (χ1v) is 12.8. The summed E-state index contributed by atoms with van der Waals surface area (Å²) in [5.74, 6) is -0.351. The SMILES string of the molecule is C=CCC[C@@](C)(OCc1ccccc1)[C@@H](COCc1ccccc1)OCC(=O)N1C(=O)OC[C@@H]1C(C)C. The lowest BCUT2D eigenvalue weighted by atomic mass is 9.92. The second-order valence-electron chi connectivity index (χ2n) is 9.87. The van der Waals surface area contributed by atoms with Gasteiger partial charge in [-0.1, -0.05) is 80.6 Å². The van der Waals surface area contributed by atoms with Crippen LogP contribution in [0.1, 0.15) is 44.7 Å². The topological polar surface area (TPSA) is 74.3 Å². The molecule has 0 saturated carbocycles. The maximum Gasteiger partial charge on any atom is 0.417 e. The minimum atomic E-state index is -0.774. The van der Waals surface area contributed by atoms with Crippen molar-refractivity contribution in [1.82, 2.24) is 4.90 Å². The van der Waals surface area contributed by atoms with E-state index >= 15 is 0 Å². The molecule has 7 nitrogen and oxygen atoms in total. The maximum absolute atomic E-state index is 13.1. The van der Waals surface area contributed by atoms with Crippen molar-refractivity contribution < 1.29 is 28.5 Å². The van der Waals surface area contributed by atoms with E-state index < -0.39 is 23.7 Å². The molecule has 1 aliphatic heterocycles. The van der Waals surface area contributed by atoms with Crippen molar-refractivity contribution in [1.29, 1.82) is 0 Å². The molecule has 1 heterocycles. The summed E-state index contributed by atoms with van der Waals surface area (Å²) < 4.78 is 23.8. The summed E-state index contributed by atoms with van der Waals surface area (Å²) in [6, 6.07) is 19.5. The number of carbonyl (C=O) groups excluding carboxylic acids is 2. The quantitative estimate of drug-likeness (QED) is 0.294. The summed E-state index contributed by atoms with van der Waals surface area (Å²) in [7, 11) is 0. The predicted octanol–water partition coefficient (Wildman–Crippen LogP) is 5.53. The van der Waals surface area contributed by atoms with Gasteiger partial charge in [0.15, 0.2) is 0 Å². The number of rotatable bonds is 15. The van der Waals surface area contributed by atoms with Crippen molar-refractivity contribution in [2.24, 2.45) is 5.92 Å². The molecule has 3 rings (SSSR count). The molecule has 1 aliphatic rings. The van der Waals surface area contributed by atoms with Gasteiger partial charge >= 0.3 is 6.09 Å². The molecule has 0 aromatic heterocycles. The molecule has 7 heteroatoms. The number of imide groups is 1. The number of hydrogen-bond donors (Lipinski definition) is 0. The molecule has 37 heavy (non-hydrogen) atoms. The molecule has 3 atom stereocenters. The number of benzene rings is 2. The third-order valence-electron chi connectivity index (χ3n) is 6.67. The van der Waals surface area contributed by atoms with Crippen LogP contribution in [0.25, 0.3) is 0 Å². The van der Waals surface area contributed by atoms with Crippen LogP contribution in [0, 0.1) is 5.92 Å². The molecular weight excluding hydrogens is 470 g/mol. The van der Waals surface area contributed by atoms with Crippen LogP contribution in [0.5, 0.6) is 0 Å². The Morgan fingerprint density at radius 3 is 2.32 bits per heavy atom. The van der Waals surface area contributed by atoms with Crippen molar-refractivity contribution in [2.45, 2.75) is 64.6 Å². The van der Waals surface area contributed by atoms with E-state index in [0.29, 0.717) is 26.1 Å². The van der Waals surface area contributed by atoms with E-state index in [9.17, 15) is 9.59 Å². The zero-order valence-corrected chi connectivity index (χ0v) is 22.1. The zero-order chi connectivity index (χ0) is 26.7. The fourth-order valence-electron chi connectivity index (χ4n) is 4.25. The van der Waals surface area contributed by atoms with E-state index in [1.807, 2.05) is 87.5 Å². The van der Waals surface area contributed by atoms with Crippen molar-refractivity contribution in [2.75, 3.05) is 19.8 Å². The first-order chi connectivity index (χ1) is 17.8. The van der Waals surface area contributed by atoms with Crippen LogP contribution in [0.15, 0.2) is 73.3 Å². The average Bonchev–Trinajstić information content (AvgIpc) is 3.31. The third-order valence-corrected chi connectivity index (χ3v) is 6.67. The van der Waals surface area contributed by atoms with Crippen LogP contribution in [-0.2, 0) is 37.0 Å². The van der Waals surface area contributed by atoms with Crippen LogP contribution in [0.3, 0.4) is 0 Å². The smallest absolute Gasteiger partial charge is 0.417 e. The molecular formula is C30H39NO6. The van der Waals surface area contributed by atoms with Crippen LogP contribution in [-0.4, -0.2) is 54.5 Å². The van der Waals surface area contributed by atoms with Gasteiger partial charge in [-0.05, 0) is 36.8 Å². The number of carbonyl (C=O) groups is 2. The normalized spacial score (nSPS) is 17.9. The number of hydrogen-bond acceptors (Lipinski definition) is 6. The van der Waals surface area contributed by atoms with Gasteiger partial charge in [-0.2, -0.15) is 0 Å². The van der Waals surface area contributed by atoms with Gasteiger partial charge in [-0.25, -0.2) is 9.69 Å². The fourth-order valence-corrected chi connectivity index (χ4v) is 4.25. The summed E-state index contributed by atoms with van der Waals surface area (Å²) in [5.41, 5.74) is 1.30. The molecule has 0 spiro atoms. The highest BCUT2D eigenvalue weighted by Crippen LogP contribution is 2.28. The minimum absolute atomic E-state index is 0.0764. The number of ether oxygens (including phenoxy) is 4. The third kappa shape index (κ3) is 8.25. The molecule has 200 valence electrons. The average molecular weight is 510 g/mol. The molecule has 0 aliphatic carbocycles. The molecule has 0 bridgehead atoms. The molecule has 1 fully saturated rings. The van der Waals surface area contributed by atoms with E-state index in [0.717, 1.165) is 11.1 Å². The first kappa shape index (κ1) is 28.6. The highest BCUT2D eigenvalue weighted by Gasteiger charge is 2.41. The summed E-state index contributed by atoms with van der Waals surface area (Å²) in [5, 5.41) is 0. The van der Waals surface area contributed by atoms with Gasteiger partial charge in [0.2, 0.25) is 0 Å². The Kier molecular flexibility index (Phi) is 10.9. The van der Waals surface area contributed by atoms with Gasteiger partial charge in [0, 0.05) is 0 Å². The maximum atomic E-state index is 13.1. The van der Waals surface area contributed by atoms with Crippen LogP contribution >= 0.6 is 0 Å². The van der Waals surface area contributed by atoms with E-state index in [1.165, 1.54) is 4.90 Å². The lowest BCUT2D eigenvalue weighted by Crippen LogP contribution is -2.49. The van der Waals surface area contributed by atoms with E-state index in [1.54, 1.807) is 0 Å². The monoisotopic (exact) mass is 509 g/mol. The number of nitrogens with zero attached hydrogens (tertiary/aromatic N) is 1. The van der Waals surface area contributed by atoms with E-state index in [2.05, 4.69) is 6.58 Å². The van der Waals surface area contributed by atoms with Crippen molar-refractivity contribution in [3.8, 4) is 0 Å². The van der Waals surface area contributed by atoms with E-state index in [-0.39, 0.29) is 31.8 Å². The Morgan fingerprint density at radius 2 is 1.73 bits per heavy atom. The Balaban J connectivity index is 1.74. The van der Waals surface area contributed by atoms with E-state index in [4.69, 9.17) is 18.9 Å².